The Labute approximate surface area is 185 Å². The van der Waals surface area contributed by atoms with Gasteiger partial charge in [-0.05, 0) is 79.0 Å². The lowest BCUT2D eigenvalue weighted by atomic mass is 9.90. The largest absolute Gasteiger partial charge is 0.494 e. The van der Waals surface area contributed by atoms with Crippen molar-refractivity contribution in [1.82, 2.24) is 14.9 Å². The van der Waals surface area contributed by atoms with Crippen molar-refractivity contribution >= 4 is 12.2 Å². The summed E-state index contributed by atoms with van der Waals surface area (Å²) < 4.78 is 12.5. The van der Waals surface area contributed by atoms with Gasteiger partial charge >= 0.3 is 0 Å². The molecule has 0 fully saturated rings. The van der Waals surface area contributed by atoms with E-state index in [1.54, 1.807) is 14.2 Å². The lowest BCUT2D eigenvalue weighted by Crippen LogP contribution is -2.35. The Balaban J connectivity index is 1.95. The van der Waals surface area contributed by atoms with Gasteiger partial charge in [0.25, 0.3) is 5.56 Å². The van der Waals surface area contributed by atoms with Crippen molar-refractivity contribution in [3.8, 4) is 23.1 Å². The third-order valence-corrected chi connectivity index (χ3v) is 5.86. The van der Waals surface area contributed by atoms with E-state index in [9.17, 15) is 9.90 Å². The number of aromatic hydroxyl groups is 1. The van der Waals surface area contributed by atoms with Crippen molar-refractivity contribution in [2.75, 3.05) is 20.8 Å². The molecule has 7 nitrogen and oxygen atoms in total. The number of methoxy groups -OCH3 is 2. The second-order valence-electron chi connectivity index (χ2n) is 7.72. The minimum absolute atomic E-state index is 0.139. The number of hydrogen-bond acceptors (Lipinski definition) is 6. The summed E-state index contributed by atoms with van der Waals surface area (Å²) in [6.07, 6.45) is 0.765. The molecule has 0 bridgehead atoms. The van der Waals surface area contributed by atoms with E-state index in [2.05, 4.69) is 10.3 Å². The van der Waals surface area contributed by atoms with Crippen LogP contribution in [0.5, 0.6) is 17.4 Å². The smallest absolute Gasteiger partial charge is 0.260 e. The van der Waals surface area contributed by atoms with Gasteiger partial charge in [-0.25, -0.2) is 0 Å². The molecule has 0 radical (unpaired) electrons. The number of hydrogen-bond donors (Lipinski definition) is 3. The van der Waals surface area contributed by atoms with Gasteiger partial charge < -0.3 is 19.9 Å². The number of fused-ring (bicyclic) bond motifs is 1. The third kappa shape index (κ3) is 3.73. The number of nitrogens with zero attached hydrogens (tertiary/aromatic N) is 1. The summed E-state index contributed by atoms with van der Waals surface area (Å²) in [6.45, 7) is 4.59. The molecule has 0 saturated heterocycles. The first-order valence-electron chi connectivity index (χ1n) is 9.99. The Morgan fingerprint density at radius 2 is 1.71 bits per heavy atom. The predicted octanol–water partition coefficient (Wildman–Crippen LogP) is 3.47. The zero-order valence-electron chi connectivity index (χ0n) is 17.9. The lowest BCUT2D eigenvalue weighted by molar-refractivity contribution is 0.352. The van der Waals surface area contributed by atoms with E-state index in [1.165, 1.54) is 4.57 Å². The standard InChI is InChI=1S/C23H25N3O4S/c1-12-7-13(2)9-15(8-12)26-22(28)19(21(27)25-23(26)31)20-16-11-18(30-4)17(29-3)10-14(16)5-6-24-20/h7-11,20,24,28H,5-6H2,1-4H3,(H,25,27,31). The average molecular weight is 440 g/mol. The van der Waals surface area contributed by atoms with E-state index in [0.29, 0.717) is 23.7 Å². The van der Waals surface area contributed by atoms with Crippen LogP contribution in [0, 0.1) is 18.6 Å². The van der Waals surface area contributed by atoms with Crippen LogP contribution in [0.4, 0.5) is 0 Å². The maximum absolute atomic E-state index is 13.0. The van der Waals surface area contributed by atoms with E-state index < -0.39 is 11.6 Å². The number of aromatic amines is 1. The third-order valence-electron chi connectivity index (χ3n) is 5.57. The maximum atomic E-state index is 13.0. The number of nitrogens with one attached hydrogen (secondary N) is 2. The molecule has 2 aromatic carbocycles. The highest BCUT2D eigenvalue weighted by atomic mass is 32.1. The van der Waals surface area contributed by atoms with Crippen LogP contribution < -0.4 is 20.3 Å². The van der Waals surface area contributed by atoms with Crippen LogP contribution in [0.2, 0.25) is 0 Å². The Morgan fingerprint density at radius 1 is 1.06 bits per heavy atom. The normalized spacial score (nSPS) is 15.4. The molecule has 1 aliphatic heterocycles. The summed E-state index contributed by atoms with van der Waals surface area (Å²) in [5, 5.41) is 14.6. The topological polar surface area (TPSA) is 88.5 Å². The molecule has 0 amide bonds. The molecule has 162 valence electrons. The summed E-state index contributed by atoms with van der Waals surface area (Å²) in [5.41, 5.74) is 4.42. The predicted molar refractivity (Wildman–Crippen MR) is 121 cm³/mol. The van der Waals surface area contributed by atoms with Crippen LogP contribution in [0.15, 0.2) is 35.1 Å². The average Bonchev–Trinajstić information content (AvgIpc) is 2.71. The zero-order chi connectivity index (χ0) is 22.3. The highest BCUT2D eigenvalue weighted by Crippen LogP contribution is 2.38. The van der Waals surface area contributed by atoms with Crippen LogP contribution in [0.3, 0.4) is 0 Å². The molecule has 31 heavy (non-hydrogen) atoms. The lowest BCUT2D eigenvalue weighted by Gasteiger charge is -2.29. The highest BCUT2D eigenvalue weighted by Gasteiger charge is 2.30. The fourth-order valence-electron chi connectivity index (χ4n) is 4.26. The molecule has 0 spiro atoms. The summed E-state index contributed by atoms with van der Waals surface area (Å²) in [7, 11) is 3.16. The van der Waals surface area contributed by atoms with E-state index in [-0.39, 0.29) is 16.2 Å². The molecule has 0 saturated carbocycles. The Hall–Kier alpha value is -3.10. The number of aryl methyl sites for hydroxylation is 2. The van der Waals surface area contributed by atoms with Gasteiger partial charge in [-0.3, -0.25) is 14.3 Å². The fraction of sp³-hybridized carbons (Fsp3) is 0.304. The summed E-state index contributed by atoms with van der Waals surface area (Å²) in [5.74, 6) is 1.01. The summed E-state index contributed by atoms with van der Waals surface area (Å²) in [4.78, 5) is 15.7. The van der Waals surface area contributed by atoms with Crippen LogP contribution in [0.1, 0.15) is 33.9 Å². The highest BCUT2D eigenvalue weighted by molar-refractivity contribution is 7.71. The Bertz CT molecular complexity index is 1260. The van der Waals surface area contributed by atoms with Gasteiger partial charge in [-0.15, -0.1) is 0 Å². The van der Waals surface area contributed by atoms with Crippen LogP contribution in [-0.4, -0.2) is 35.4 Å². The quantitative estimate of drug-likeness (QED) is 0.540. The summed E-state index contributed by atoms with van der Waals surface area (Å²) in [6, 6.07) is 9.12. The molecule has 3 N–H and O–H groups in total. The summed E-state index contributed by atoms with van der Waals surface area (Å²) >= 11 is 5.40. The molecular formula is C23H25N3O4S. The van der Waals surface area contributed by atoms with Crippen molar-refractivity contribution < 1.29 is 14.6 Å². The second kappa shape index (κ2) is 8.20. The van der Waals surface area contributed by atoms with Gasteiger partial charge in [0.05, 0.1) is 31.5 Å². The first-order valence-corrected chi connectivity index (χ1v) is 10.4. The minimum Gasteiger partial charge on any atom is -0.494 e. The molecule has 3 aromatic rings. The Morgan fingerprint density at radius 3 is 2.35 bits per heavy atom. The molecular weight excluding hydrogens is 414 g/mol. The minimum atomic E-state index is -0.528. The van der Waals surface area contributed by atoms with Crippen molar-refractivity contribution in [3.05, 3.63) is 73.3 Å². The fourth-order valence-corrected chi connectivity index (χ4v) is 4.54. The number of H-pyrrole nitrogens is 1. The number of rotatable bonds is 4. The van der Waals surface area contributed by atoms with Crippen molar-refractivity contribution in [1.29, 1.82) is 0 Å². The second-order valence-corrected chi connectivity index (χ2v) is 8.11. The van der Waals surface area contributed by atoms with Gasteiger partial charge in [-0.1, -0.05) is 6.07 Å². The van der Waals surface area contributed by atoms with Gasteiger partial charge in [0.1, 0.15) is 0 Å². The molecule has 1 unspecified atom stereocenters. The van der Waals surface area contributed by atoms with E-state index in [0.717, 1.165) is 28.7 Å². The molecule has 8 heteroatoms. The van der Waals surface area contributed by atoms with Gasteiger partial charge in [0.2, 0.25) is 5.88 Å². The molecule has 4 rings (SSSR count). The maximum Gasteiger partial charge on any atom is 0.260 e. The first kappa shape index (κ1) is 21.1. The van der Waals surface area contributed by atoms with Crippen LogP contribution in [0.25, 0.3) is 5.69 Å². The molecule has 1 atom stereocenters. The zero-order valence-corrected chi connectivity index (χ0v) is 18.7. The molecule has 0 aliphatic carbocycles. The van der Waals surface area contributed by atoms with Crippen LogP contribution >= 0.6 is 12.2 Å². The number of ether oxygens (including phenoxy) is 2. The Kier molecular flexibility index (Phi) is 5.60. The van der Waals surface area contributed by atoms with Crippen LogP contribution in [-0.2, 0) is 6.42 Å². The van der Waals surface area contributed by atoms with Gasteiger partial charge in [-0.2, -0.15) is 0 Å². The molecule has 1 aliphatic rings. The van der Waals surface area contributed by atoms with E-state index in [4.69, 9.17) is 21.7 Å². The van der Waals surface area contributed by atoms with Crippen molar-refractivity contribution in [3.63, 3.8) is 0 Å². The SMILES string of the molecule is COc1cc2c(cc1OC)C(c1c(O)n(-c3cc(C)cc(C)c3)c(=S)[nH]c1=O)NCC2. The number of benzene rings is 2. The van der Waals surface area contributed by atoms with Crippen molar-refractivity contribution in [2.24, 2.45) is 0 Å². The first-order chi connectivity index (χ1) is 14.8. The monoisotopic (exact) mass is 439 g/mol. The van der Waals surface area contributed by atoms with Crippen molar-refractivity contribution in [2.45, 2.75) is 26.3 Å². The molecule has 2 heterocycles. The van der Waals surface area contributed by atoms with Gasteiger partial charge in [0.15, 0.2) is 16.3 Å². The van der Waals surface area contributed by atoms with Gasteiger partial charge in [0, 0.05) is 6.54 Å². The number of aromatic nitrogens is 2. The van der Waals surface area contributed by atoms with E-state index >= 15 is 0 Å². The molecule has 1 aromatic heterocycles. The van der Waals surface area contributed by atoms with E-state index in [1.807, 2.05) is 44.2 Å².